The van der Waals surface area contributed by atoms with Crippen LogP contribution < -0.4 is 0 Å². The lowest BCUT2D eigenvalue weighted by Gasteiger charge is -2.32. The highest BCUT2D eigenvalue weighted by molar-refractivity contribution is 5.37. The van der Waals surface area contributed by atoms with E-state index in [1.807, 2.05) is 0 Å². The zero-order chi connectivity index (χ0) is 17.1. The summed E-state index contributed by atoms with van der Waals surface area (Å²) in [7, 11) is 0. The number of rotatable bonds is 7. The monoisotopic (exact) mass is 330 g/mol. The fourth-order valence-electron chi connectivity index (χ4n) is 5.18. The minimum atomic E-state index is -0.180. The van der Waals surface area contributed by atoms with Crippen molar-refractivity contribution in [1.82, 2.24) is 0 Å². The van der Waals surface area contributed by atoms with E-state index in [9.17, 15) is 10.2 Å². The molecule has 2 nitrogen and oxygen atoms in total. The predicted octanol–water partition coefficient (Wildman–Crippen LogP) is 4.43. The summed E-state index contributed by atoms with van der Waals surface area (Å²) in [5.74, 6) is 1.62. The molecular weight excluding hydrogens is 296 g/mol. The second-order valence-electron chi connectivity index (χ2n) is 8.24. The van der Waals surface area contributed by atoms with E-state index < -0.39 is 0 Å². The first-order valence-corrected chi connectivity index (χ1v) is 10.0. The third-order valence-corrected chi connectivity index (χ3v) is 6.60. The van der Waals surface area contributed by atoms with Crippen LogP contribution in [0.1, 0.15) is 68.6 Å². The molecule has 0 aliphatic heterocycles. The summed E-state index contributed by atoms with van der Waals surface area (Å²) < 4.78 is 0. The average molecular weight is 331 g/mol. The molecule has 3 rings (SSSR count). The number of aliphatic hydroxyl groups is 2. The van der Waals surface area contributed by atoms with Crippen LogP contribution in [0.4, 0.5) is 0 Å². The molecule has 0 radical (unpaired) electrons. The second-order valence-corrected chi connectivity index (χ2v) is 8.24. The van der Waals surface area contributed by atoms with Gasteiger partial charge in [-0.3, -0.25) is 0 Å². The van der Waals surface area contributed by atoms with Crippen molar-refractivity contribution < 1.29 is 10.2 Å². The number of unbranched alkanes of at least 4 members (excludes halogenated alkanes) is 2. The van der Waals surface area contributed by atoms with Gasteiger partial charge >= 0.3 is 0 Å². The van der Waals surface area contributed by atoms with Gasteiger partial charge in [0.1, 0.15) is 0 Å². The SMILES string of the molecule is CCCCC[C@H](O)CC[C@@H]1[C@H]2Cc3cccc(C)c3C[C@H]2C[C@H]1O. The van der Waals surface area contributed by atoms with E-state index in [1.165, 1.54) is 29.5 Å². The van der Waals surface area contributed by atoms with Crippen molar-refractivity contribution in [2.24, 2.45) is 17.8 Å². The number of benzene rings is 1. The van der Waals surface area contributed by atoms with Crippen molar-refractivity contribution in [3.05, 3.63) is 34.9 Å². The van der Waals surface area contributed by atoms with E-state index in [0.29, 0.717) is 17.8 Å². The van der Waals surface area contributed by atoms with E-state index >= 15 is 0 Å². The van der Waals surface area contributed by atoms with Crippen molar-refractivity contribution in [1.29, 1.82) is 0 Å². The van der Waals surface area contributed by atoms with E-state index in [-0.39, 0.29) is 12.2 Å². The van der Waals surface area contributed by atoms with Crippen LogP contribution in [0.15, 0.2) is 18.2 Å². The summed E-state index contributed by atoms with van der Waals surface area (Å²) in [6.45, 7) is 4.42. The molecule has 1 fully saturated rings. The molecule has 1 aromatic carbocycles. The Morgan fingerprint density at radius 3 is 2.79 bits per heavy atom. The van der Waals surface area contributed by atoms with Gasteiger partial charge in [-0.05, 0) is 79.9 Å². The fraction of sp³-hybridized carbons (Fsp3) is 0.727. The van der Waals surface area contributed by atoms with Crippen molar-refractivity contribution in [3.8, 4) is 0 Å². The van der Waals surface area contributed by atoms with Gasteiger partial charge in [0, 0.05) is 0 Å². The molecule has 2 heteroatoms. The standard InChI is InChI=1S/C22H34O2/c1-3-4-5-9-18(23)10-11-19-21-12-16-8-6-7-15(2)20(16)13-17(21)14-22(19)24/h6-8,17-19,21-24H,3-5,9-14H2,1-2H3/t17-,18-,19+,21-,22+/m0/s1. The van der Waals surface area contributed by atoms with Crippen molar-refractivity contribution in [2.45, 2.75) is 83.8 Å². The first kappa shape index (κ1) is 17.9. The molecule has 1 saturated carbocycles. The van der Waals surface area contributed by atoms with E-state index in [0.717, 1.165) is 44.9 Å². The molecule has 2 N–H and O–H groups in total. The molecule has 0 heterocycles. The smallest absolute Gasteiger partial charge is 0.0574 e. The Hall–Kier alpha value is -0.860. The summed E-state index contributed by atoms with van der Waals surface area (Å²) in [5, 5.41) is 20.8. The van der Waals surface area contributed by atoms with Gasteiger partial charge in [-0.15, -0.1) is 0 Å². The maximum Gasteiger partial charge on any atom is 0.0574 e. The minimum absolute atomic E-state index is 0.169. The van der Waals surface area contributed by atoms with Crippen LogP contribution in [-0.4, -0.2) is 22.4 Å². The molecule has 2 aliphatic carbocycles. The predicted molar refractivity (Wildman–Crippen MR) is 99.1 cm³/mol. The zero-order valence-corrected chi connectivity index (χ0v) is 15.4. The number of aryl methyl sites for hydroxylation is 1. The van der Waals surface area contributed by atoms with Crippen LogP contribution in [-0.2, 0) is 12.8 Å². The normalized spacial score (nSPS) is 30.0. The number of hydrogen-bond donors (Lipinski definition) is 2. The first-order valence-electron chi connectivity index (χ1n) is 10.0. The largest absolute Gasteiger partial charge is 0.393 e. The summed E-state index contributed by atoms with van der Waals surface area (Å²) in [5.41, 5.74) is 4.44. The quantitative estimate of drug-likeness (QED) is 0.726. The number of aliphatic hydroxyl groups excluding tert-OH is 2. The topological polar surface area (TPSA) is 40.5 Å². The van der Waals surface area contributed by atoms with Gasteiger partial charge in [-0.1, -0.05) is 44.4 Å². The molecule has 24 heavy (non-hydrogen) atoms. The molecule has 2 aliphatic rings. The Morgan fingerprint density at radius 1 is 1.17 bits per heavy atom. The summed E-state index contributed by atoms with van der Waals surface area (Å²) in [4.78, 5) is 0. The molecule has 0 bridgehead atoms. The van der Waals surface area contributed by atoms with Gasteiger partial charge in [-0.25, -0.2) is 0 Å². The highest BCUT2D eigenvalue weighted by atomic mass is 16.3. The van der Waals surface area contributed by atoms with Gasteiger partial charge in [0.2, 0.25) is 0 Å². The second kappa shape index (κ2) is 8.01. The third kappa shape index (κ3) is 3.86. The Morgan fingerprint density at radius 2 is 2.00 bits per heavy atom. The average Bonchev–Trinajstić information content (AvgIpc) is 2.86. The molecule has 0 saturated heterocycles. The highest BCUT2D eigenvalue weighted by Gasteiger charge is 2.44. The van der Waals surface area contributed by atoms with Crippen LogP contribution in [0.5, 0.6) is 0 Å². The van der Waals surface area contributed by atoms with E-state index in [1.54, 1.807) is 0 Å². The molecule has 0 spiro atoms. The van der Waals surface area contributed by atoms with Crippen molar-refractivity contribution >= 4 is 0 Å². The van der Waals surface area contributed by atoms with Crippen molar-refractivity contribution in [2.75, 3.05) is 0 Å². The molecule has 134 valence electrons. The van der Waals surface area contributed by atoms with E-state index in [4.69, 9.17) is 0 Å². The minimum Gasteiger partial charge on any atom is -0.393 e. The van der Waals surface area contributed by atoms with Gasteiger partial charge in [0.05, 0.1) is 12.2 Å². The Labute approximate surface area is 147 Å². The lowest BCUT2D eigenvalue weighted by atomic mass is 9.73. The van der Waals surface area contributed by atoms with Gasteiger partial charge in [-0.2, -0.15) is 0 Å². The first-order chi connectivity index (χ1) is 11.6. The fourth-order valence-corrected chi connectivity index (χ4v) is 5.18. The zero-order valence-electron chi connectivity index (χ0n) is 15.4. The Balaban J connectivity index is 1.59. The molecule has 0 unspecified atom stereocenters. The Kier molecular flexibility index (Phi) is 5.99. The molecule has 1 aromatic rings. The summed E-state index contributed by atoms with van der Waals surface area (Å²) in [6.07, 6.45) is 9.17. The third-order valence-electron chi connectivity index (χ3n) is 6.60. The lowest BCUT2D eigenvalue weighted by molar-refractivity contribution is 0.0870. The van der Waals surface area contributed by atoms with Crippen LogP contribution >= 0.6 is 0 Å². The maximum absolute atomic E-state index is 10.6. The molecule has 5 atom stereocenters. The molecule has 0 amide bonds. The van der Waals surface area contributed by atoms with Gasteiger partial charge < -0.3 is 10.2 Å². The number of fused-ring (bicyclic) bond motifs is 2. The van der Waals surface area contributed by atoms with E-state index in [2.05, 4.69) is 32.0 Å². The lowest BCUT2D eigenvalue weighted by Crippen LogP contribution is -2.28. The summed E-state index contributed by atoms with van der Waals surface area (Å²) in [6, 6.07) is 6.67. The van der Waals surface area contributed by atoms with Crippen LogP contribution in [0.2, 0.25) is 0 Å². The van der Waals surface area contributed by atoms with Crippen LogP contribution in [0.25, 0.3) is 0 Å². The summed E-state index contributed by atoms with van der Waals surface area (Å²) >= 11 is 0. The molecular formula is C22H34O2. The van der Waals surface area contributed by atoms with Gasteiger partial charge in [0.15, 0.2) is 0 Å². The van der Waals surface area contributed by atoms with Crippen LogP contribution in [0, 0.1) is 24.7 Å². The maximum atomic E-state index is 10.6. The van der Waals surface area contributed by atoms with Crippen LogP contribution in [0.3, 0.4) is 0 Å². The van der Waals surface area contributed by atoms with Gasteiger partial charge in [0.25, 0.3) is 0 Å². The number of hydrogen-bond acceptors (Lipinski definition) is 2. The van der Waals surface area contributed by atoms with Crippen molar-refractivity contribution in [3.63, 3.8) is 0 Å². The highest BCUT2D eigenvalue weighted by Crippen LogP contribution is 2.47. The Bertz CT molecular complexity index is 539. The molecule has 0 aromatic heterocycles.